The first kappa shape index (κ1) is 12.4. The summed E-state index contributed by atoms with van der Waals surface area (Å²) in [5, 5.41) is 10.00. The lowest BCUT2D eigenvalue weighted by Crippen LogP contribution is -2.60. The van der Waals surface area contributed by atoms with E-state index in [-0.39, 0.29) is 6.42 Å². The molecule has 0 unspecified atom stereocenters. The van der Waals surface area contributed by atoms with Crippen molar-refractivity contribution in [3.63, 3.8) is 0 Å². The predicted molar refractivity (Wildman–Crippen MR) is 56.4 cm³/mol. The minimum absolute atomic E-state index is 0.183. The van der Waals surface area contributed by atoms with E-state index in [0.717, 1.165) is 16.5 Å². The smallest absolute Gasteiger partial charge is 0.227 e. The zero-order valence-electron chi connectivity index (χ0n) is 8.79. The van der Waals surface area contributed by atoms with Gasteiger partial charge in [0.1, 0.15) is 10.1 Å². The van der Waals surface area contributed by atoms with Crippen molar-refractivity contribution in [1.29, 1.82) is 0 Å². The lowest BCUT2D eigenvalue weighted by molar-refractivity contribution is -0.312. The van der Waals surface area contributed by atoms with Crippen molar-refractivity contribution >= 4 is 33.3 Å². The van der Waals surface area contributed by atoms with Crippen LogP contribution in [0.3, 0.4) is 0 Å². The van der Waals surface area contributed by atoms with Crippen molar-refractivity contribution in [3.8, 4) is 0 Å². The Labute approximate surface area is 103 Å². The summed E-state index contributed by atoms with van der Waals surface area (Å²) in [7, 11) is -3.80. The van der Waals surface area contributed by atoms with Gasteiger partial charge in [0.25, 0.3) is 0 Å². The quantitative estimate of drug-likeness (QED) is 0.579. The second-order valence-corrected chi connectivity index (χ2v) is 6.97. The van der Waals surface area contributed by atoms with Gasteiger partial charge in [-0.3, -0.25) is 4.79 Å². The molecule has 6 nitrogen and oxygen atoms in total. The molecule has 8 heteroatoms. The van der Waals surface area contributed by atoms with E-state index in [0.29, 0.717) is 0 Å². The molecule has 2 fully saturated rings. The normalized spacial score (nSPS) is 39.2. The van der Waals surface area contributed by atoms with Crippen molar-refractivity contribution in [3.05, 3.63) is 11.6 Å². The molecule has 0 aromatic carbocycles. The summed E-state index contributed by atoms with van der Waals surface area (Å²) in [5.74, 6) is -2.10. The second-order valence-electron chi connectivity index (χ2n) is 4.20. The summed E-state index contributed by atoms with van der Waals surface area (Å²) in [4.78, 5) is 23.2. The molecular formula is C9H9ClNO5S-. The van der Waals surface area contributed by atoms with Gasteiger partial charge >= 0.3 is 0 Å². The van der Waals surface area contributed by atoms with E-state index in [1.54, 1.807) is 0 Å². The number of carboxylic acid groups (broad SMARTS) is 1. The summed E-state index contributed by atoms with van der Waals surface area (Å²) in [5.41, 5.74) is 0.948. The number of β-lactam (4-membered cyclic amide) rings is 1. The third-order valence-corrected chi connectivity index (χ3v) is 6.18. The molecule has 3 atom stereocenters. The Morgan fingerprint density at radius 1 is 1.65 bits per heavy atom. The number of fused-ring (bicyclic) bond motifs is 1. The molecule has 0 aliphatic carbocycles. The third-order valence-electron chi connectivity index (χ3n) is 3.36. The maximum absolute atomic E-state index is 12.1. The summed E-state index contributed by atoms with van der Waals surface area (Å²) < 4.78 is 22.5. The molecule has 0 radical (unpaired) electrons. The molecule has 1 amide bonds. The Kier molecular flexibility index (Phi) is 2.52. The Hall–Kier alpha value is -1.08. The van der Waals surface area contributed by atoms with E-state index < -0.39 is 37.9 Å². The average molecular weight is 279 g/mol. The number of hydrogen-bond donors (Lipinski definition) is 0. The highest BCUT2D eigenvalue weighted by atomic mass is 35.5. The standard InChI is InChI=1S/C9H10ClNO5S/c1-9(2-3-10)7(8(13)14)11-5(12)4-6(11)17(9,15)16/h2-3,6-7H,4H2,1H3,(H,13,14)/p-1/b3-2-/t6-,7+,9+/m1/s1. The number of aliphatic carboxylic acids is 1. The number of sulfone groups is 1. The molecule has 0 aromatic rings. The molecule has 2 aliphatic heterocycles. The number of halogens is 1. The zero-order valence-corrected chi connectivity index (χ0v) is 10.4. The van der Waals surface area contributed by atoms with Crippen LogP contribution in [-0.2, 0) is 19.4 Å². The van der Waals surface area contributed by atoms with Gasteiger partial charge in [-0.15, -0.1) is 0 Å². The fourth-order valence-electron chi connectivity index (χ4n) is 2.35. The van der Waals surface area contributed by atoms with E-state index >= 15 is 0 Å². The number of carbonyl (C=O) groups excluding carboxylic acids is 2. The average Bonchev–Trinajstić information content (AvgIpc) is 2.33. The molecular weight excluding hydrogens is 270 g/mol. The number of carbonyl (C=O) groups is 2. The number of carboxylic acids is 1. The predicted octanol–water partition coefficient (Wildman–Crippen LogP) is -1.40. The van der Waals surface area contributed by atoms with Gasteiger partial charge in [-0.05, 0) is 13.0 Å². The second kappa shape index (κ2) is 3.46. The zero-order chi connectivity index (χ0) is 13.0. The maximum atomic E-state index is 12.1. The van der Waals surface area contributed by atoms with Gasteiger partial charge < -0.3 is 14.8 Å². The highest BCUT2D eigenvalue weighted by Crippen LogP contribution is 2.46. The van der Waals surface area contributed by atoms with Crippen LogP contribution < -0.4 is 5.11 Å². The fraction of sp³-hybridized carbons (Fsp3) is 0.556. The van der Waals surface area contributed by atoms with Crippen molar-refractivity contribution in [2.45, 2.75) is 29.5 Å². The molecule has 2 saturated heterocycles. The van der Waals surface area contributed by atoms with Gasteiger partial charge in [0.05, 0.1) is 18.4 Å². The van der Waals surface area contributed by atoms with Gasteiger partial charge in [0.2, 0.25) is 5.91 Å². The van der Waals surface area contributed by atoms with Crippen LogP contribution in [0.25, 0.3) is 0 Å². The molecule has 94 valence electrons. The summed E-state index contributed by atoms with van der Waals surface area (Å²) in [6.45, 7) is 1.23. The molecule has 2 rings (SSSR count). The highest BCUT2D eigenvalue weighted by molar-refractivity contribution is 7.94. The number of amides is 1. The fourth-order valence-corrected chi connectivity index (χ4v) is 4.96. The van der Waals surface area contributed by atoms with Crippen LogP contribution in [0.1, 0.15) is 13.3 Å². The van der Waals surface area contributed by atoms with Crippen LogP contribution in [0.2, 0.25) is 0 Å². The van der Waals surface area contributed by atoms with E-state index in [2.05, 4.69) is 0 Å². The van der Waals surface area contributed by atoms with Crippen LogP contribution in [-0.4, -0.2) is 41.4 Å². The number of hydrogen-bond acceptors (Lipinski definition) is 5. The van der Waals surface area contributed by atoms with Crippen LogP contribution in [0, 0.1) is 0 Å². The van der Waals surface area contributed by atoms with Crippen molar-refractivity contribution in [2.75, 3.05) is 0 Å². The largest absolute Gasteiger partial charge is 0.548 e. The molecule has 2 heterocycles. The maximum Gasteiger partial charge on any atom is 0.227 e. The first-order valence-corrected chi connectivity index (χ1v) is 6.79. The first-order chi connectivity index (χ1) is 7.77. The molecule has 0 spiro atoms. The Bertz CT molecular complexity index is 528. The first-order valence-electron chi connectivity index (χ1n) is 4.80. The number of rotatable bonds is 2. The lowest BCUT2D eigenvalue weighted by Gasteiger charge is -2.38. The van der Waals surface area contributed by atoms with Gasteiger partial charge in [0, 0.05) is 5.54 Å². The molecule has 2 aliphatic rings. The topological polar surface area (TPSA) is 94.6 Å². The van der Waals surface area contributed by atoms with Crippen LogP contribution >= 0.6 is 11.6 Å². The highest BCUT2D eigenvalue weighted by Gasteiger charge is 2.66. The van der Waals surface area contributed by atoms with Crippen LogP contribution in [0.15, 0.2) is 11.6 Å². The molecule has 0 saturated carbocycles. The Morgan fingerprint density at radius 3 is 2.65 bits per heavy atom. The minimum Gasteiger partial charge on any atom is -0.548 e. The SMILES string of the molecule is C[C@]1(/C=C\Cl)[C@H](C(=O)[O-])N2C(=O)C[C@H]2S1(=O)=O. The molecule has 0 aromatic heterocycles. The monoisotopic (exact) mass is 278 g/mol. The van der Waals surface area contributed by atoms with Gasteiger partial charge in [-0.25, -0.2) is 8.42 Å². The lowest BCUT2D eigenvalue weighted by atomic mass is 9.97. The van der Waals surface area contributed by atoms with E-state index in [1.807, 2.05) is 0 Å². The summed E-state index contributed by atoms with van der Waals surface area (Å²) in [6.07, 6.45) is 0.897. The van der Waals surface area contributed by atoms with Crippen LogP contribution in [0.4, 0.5) is 0 Å². The van der Waals surface area contributed by atoms with E-state index in [9.17, 15) is 23.1 Å². The van der Waals surface area contributed by atoms with Crippen molar-refractivity contribution in [1.82, 2.24) is 4.90 Å². The van der Waals surface area contributed by atoms with Gasteiger partial charge in [-0.1, -0.05) is 11.6 Å². The molecule has 0 N–H and O–H groups in total. The van der Waals surface area contributed by atoms with E-state index in [1.165, 1.54) is 6.92 Å². The van der Waals surface area contributed by atoms with Crippen molar-refractivity contribution in [2.24, 2.45) is 0 Å². The summed E-state index contributed by atoms with van der Waals surface area (Å²) in [6, 6.07) is -1.52. The minimum atomic E-state index is -3.80. The number of nitrogens with zero attached hydrogens (tertiary/aromatic N) is 1. The van der Waals surface area contributed by atoms with Gasteiger partial charge in [0.15, 0.2) is 9.84 Å². The molecule has 17 heavy (non-hydrogen) atoms. The Morgan fingerprint density at radius 2 is 2.24 bits per heavy atom. The van der Waals surface area contributed by atoms with Gasteiger partial charge in [-0.2, -0.15) is 0 Å². The molecule has 0 bridgehead atoms. The third kappa shape index (κ3) is 1.29. The van der Waals surface area contributed by atoms with Crippen molar-refractivity contribution < 1.29 is 23.1 Å². The van der Waals surface area contributed by atoms with E-state index in [4.69, 9.17) is 11.6 Å². The Balaban J connectivity index is 2.63. The summed E-state index contributed by atoms with van der Waals surface area (Å²) >= 11 is 5.36. The van der Waals surface area contributed by atoms with Crippen LogP contribution in [0.5, 0.6) is 0 Å².